The third-order valence-electron chi connectivity index (χ3n) is 3.25. The lowest BCUT2D eigenvalue weighted by atomic mass is 9.97. The summed E-state index contributed by atoms with van der Waals surface area (Å²) < 4.78 is 5.10. The van der Waals surface area contributed by atoms with Gasteiger partial charge in [0.25, 0.3) is 5.91 Å². The molecule has 0 aliphatic carbocycles. The minimum atomic E-state index is -0.154. The molecule has 0 bridgehead atoms. The summed E-state index contributed by atoms with van der Waals surface area (Å²) in [4.78, 5) is 25.7. The van der Waals surface area contributed by atoms with Crippen LogP contribution in [0.2, 0.25) is 0 Å². The third kappa shape index (κ3) is 3.98. The number of hydrogen-bond acceptors (Lipinski definition) is 4. The van der Waals surface area contributed by atoms with E-state index in [1.54, 1.807) is 17.0 Å². The number of nitrogens with one attached hydrogen (secondary N) is 1. The molecule has 20 heavy (non-hydrogen) atoms. The van der Waals surface area contributed by atoms with Crippen molar-refractivity contribution >= 4 is 24.2 Å². The number of rotatable bonds is 4. The van der Waals surface area contributed by atoms with E-state index in [9.17, 15) is 9.59 Å². The van der Waals surface area contributed by atoms with Gasteiger partial charge in [0.2, 0.25) is 5.91 Å². The maximum Gasteiger partial charge on any atom is 0.289 e. The normalized spacial score (nSPS) is 18.2. The van der Waals surface area contributed by atoms with Crippen LogP contribution in [0.4, 0.5) is 0 Å². The Hall–Kier alpha value is -1.53. The maximum absolute atomic E-state index is 12.1. The van der Waals surface area contributed by atoms with Crippen molar-refractivity contribution in [2.24, 2.45) is 11.7 Å². The van der Waals surface area contributed by atoms with Crippen LogP contribution in [0.3, 0.4) is 0 Å². The summed E-state index contributed by atoms with van der Waals surface area (Å²) in [5, 5.41) is 2.77. The van der Waals surface area contributed by atoms with Crippen LogP contribution >= 0.6 is 12.4 Å². The Morgan fingerprint density at radius 3 is 2.95 bits per heavy atom. The van der Waals surface area contributed by atoms with Gasteiger partial charge in [-0.2, -0.15) is 0 Å². The second kappa shape index (κ2) is 7.91. The Morgan fingerprint density at radius 1 is 1.50 bits per heavy atom. The predicted octanol–water partition coefficient (Wildman–Crippen LogP) is 0.628. The van der Waals surface area contributed by atoms with Crippen molar-refractivity contribution in [3.63, 3.8) is 0 Å². The van der Waals surface area contributed by atoms with Crippen LogP contribution in [0.15, 0.2) is 22.8 Å². The van der Waals surface area contributed by atoms with E-state index in [0.717, 1.165) is 12.8 Å². The number of halogens is 1. The first-order chi connectivity index (χ1) is 9.22. The molecule has 2 rings (SSSR count). The van der Waals surface area contributed by atoms with Gasteiger partial charge in [0.05, 0.1) is 12.2 Å². The molecule has 6 nitrogen and oxygen atoms in total. The molecule has 2 amide bonds. The Kier molecular flexibility index (Phi) is 6.54. The van der Waals surface area contributed by atoms with Gasteiger partial charge in [-0.25, -0.2) is 0 Å². The van der Waals surface area contributed by atoms with Crippen molar-refractivity contribution < 1.29 is 14.0 Å². The summed E-state index contributed by atoms with van der Waals surface area (Å²) in [6.45, 7) is 2.01. The molecule has 3 N–H and O–H groups in total. The topological polar surface area (TPSA) is 88.6 Å². The number of nitrogens with zero attached hydrogens (tertiary/aromatic N) is 1. The van der Waals surface area contributed by atoms with Gasteiger partial charge in [-0.05, 0) is 25.0 Å². The van der Waals surface area contributed by atoms with Gasteiger partial charge < -0.3 is 20.4 Å². The molecule has 1 aromatic heterocycles. The van der Waals surface area contributed by atoms with Crippen molar-refractivity contribution in [1.82, 2.24) is 10.2 Å². The molecule has 0 spiro atoms. The molecule has 1 aliphatic rings. The molecule has 7 heteroatoms. The van der Waals surface area contributed by atoms with Gasteiger partial charge in [-0.1, -0.05) is 0 Å². The van der Waals surface area contributed by atoms with E-state index < -0.39 is 0 Å². The predicted molar refractivity (Wildman–Crippen MR) is 76.6 cm³/mol. The summed E-state index contributed by atoms with van der Waals surface area (Å²) in [5.74, 6) is -0.00838. The Balaban J connectivity index is 0.00000200. The largest absolute Gasteiger partial charge is 0.459 e. The number of piperidine rings is 1. The standard InChI is InChI=1S/C13H19N3O3.ClH/c14-5-6-15-12(17)10-3-1-7-16(9-10)13(18)11-4-2-8-19-11;/h2,4,8,10H,1,3,5-7,9,14H2,(H,15,17);1H. The highest BCUT2D eigenvalue weighted by Crippen LogP contribution is 2.19. The van der Waals surface area contributed by atoms with E-state index in [-0.39, 0.29) is 30.1 Å². The molecule has 1 aliphatic heterocycles. The van der Waals surface area contributed by atoms with Crippen LogP contribution in [-0.4, -0.2) is 42.9 Å². The van der Waals surface area contributed by atoms with Crippen LogP contribution < -0.4 is 11.1 Å². The molecule has 0 radical (unpaired) electrons. The first kappa shape index (κ1) is 16.5. The second-order valence-electron chi connectivity index (χ2n) is 4.65. The molecule has 1 atom stereocenters. The molecule has 0 aromatic carbocycles. The van der Waals surface area contributed by atoms with Crippen molar-refractivity contribution in [1.29, 1.82) is 0 Å². The molecule has 1 saturated heterocycles. The fraction of sp³-hybridized carbons (Fsp3) is 0.538. The zero-order valence-corrected chi connectivity index (χ0v) is 12.0. The summed E-state index contributed by atoms with van der Waals surface area (Å²) in [6, 6.07) is 3.32. The SMILES string of the molecule is Cl.NCCNC(=O)C1CCCN(C(=O)c2ccco2)C1. The average Bonchev–Trinajstić information content (AvgIpc) is 2.98. The van der Waals surface area contributed by atoms with E-state index >= 15 is 0 Å². The number of hydrogen-bond donors (Lipinski definition) is 2. The zero-order valence-electron chi connectivity index (χ0n) is 11.2. The summed E-state index contributed by atoms with van der Waals surface area (Å²) in [7, 11) is 0. The van der Waals surface area contributed by atoms with Gasteiger partial charge in [0.1, 0.15) is 0 Å². The van der Waals surface area contributed by atoms with Gasteiger partial charge >= 0.3 is 0 Å². The first-order valence-electron chi connectivity index (χ1n) is 6.53. The average molecular weight is 302 g/mol. The Bertz CT molecular complexity index is 436. The first-order valence-corrected chi connectivity index (χ1v) is 6.53. The summed E-state index contributed by atoms with van der Waals surface area (Å²) in [6.07, 6.45) is 3.11. The van der Waals surface area contributed by atoms with Crippen molar-refractivity contribution in [2.75, 3.05) is 26.2 Å². The van der Waals surface area contributed by atoms with E-state index in [1.807, 2.05) is 0 Å². The van der Waals surface area contributed by atoms with Gasteiger partial charge in [0.15, 0.2) is 5.76 Å². The van der Waals surface area contributed by atoms with Crippen LogP contribution in [0.25, 0.3) is 0 Å². The van der Waals surface area contributed by atoms with E-state index in [0.29, 0.717) is 31.9 Å². The fourth-order valence-corrected chi connectivity index (χ4v) is 2.27. The third-order valence-corrected chi connectivity index (χ3v) is 3.25. The van der Waals surface area contributed by atoms with Crippen LogP contribution in [-0.2, 0) is 4.79 Å². The quantitative estimate of drug-likeness (QED) is 0.853. The molecule has 1 aromatic rings. The summed E-state index contributed by atoms with van der Waals surface area (Å²) >= 11 is 0. The Labute approximate surface area is 124 Å². The highest BCUT2D eigenvalue weighted by Gasteiger charge is 2.29. The van der Waals surface area contributed by atoms with Gasteiger partial charge in [-0.3, -0.25) is 9.59 Å². The molecule has 1 unspecified atom stereocenters. The fourth-order valence-electron chi connectivity index (χ4n) is 2.27. The lowest BCUT2D eigenvalue weighted by molar-refractivity contribution is -0.126. The van der Waals surface area contributed by atoms with E-state index in [4.69, 9.17) is 10.2 Å². The van der Waals surface area contributed by atoms with E-state index in [1.165, 1.54) is 6.26 Å². The van der Waals surface area contributed by atoms with Crippen LogP contribution in [0.5, 0.6) is 0 Å². The number of amides is 2. The minimum absolute atomic E-state index is 0. The minimum Gasteiger partial charge on any atom is -0.459 e. The molecule has 0 saturated carbocycles. The van der Waals surface area contributed by atoms with E-state index in [2.05, 4.69) is 5.32 Å². The van der Waals surface area contributed by atoms with Gasteiger partial charge in [-0.15, -0.1) is 12.4 Å². The lowest BCUT2D eigenvalue weighted by Gasteiger charge is -2.31. The molecular weight excluding hydrogens is 282 g/mol. The second-order valence-corrected chi connectivity index (χ2v) is 4.65. The Morgan fingerprint density at radius 2 is 2.30 bits per heavy atom. The number of furan rings is 1. The lowest BCUT2D eigenvalue weighted by Crippen LogP contribution is -2.46. The van der Waals surface area contributed by atoms with Crippen LogP contribution in [0, 0.1) is 5.92 Å². The zero-order chi connectivity index (χ0) is 13.7. The highest BCUT2D eigenvalue weighted by molar-refractivity contribution is 5.92. The number of carbonyl (C=O) groups excluding carboxylic acids is 2. The van der Waals surface area contributed by atoms with Crippen molar-refractivity contribution in [3.8, 4) is 0 Å². The number of likely N-dealkylation sites (tertiary alicyclic amines) is 1. The molecular formula is C13H20ClN3O3. The number of nitrogens with two attached hydrogens (primary N) is 1. The molecule has 112 valence electrons. The van der Waals surface area contributed by atoms with Crippen molar-refractivity contribution in [2.45, 2.75) is 12.8 Å². The molecule has 2 heterocycles. The smallest absolute Gasteiger partial charge is 0.289 e. The monoisotopic (exact) mass is 301 g/mol. The highest BCUT2D eigenvalue weighted by atomic mass is 35.5. The van der Waals surface area contributed by atoms with Crippen LogP contribution in [0.1, 0.15) is 23.4 Å². The number of carbonyl (C=O) groups is 2. The maximum atomic E-state index is 12.1. The summed E-state index contributed by atoms with van der Waals surface area (Å²) in [5.41, 5.74) is 5.35. The van der Waals surface area contributed by atoms with Crippen molar-refractivity contribution in [3.05, 3.63) is 24.2 Å². The molecule has 1 fully saturated rings. The van der Waals surface area contributed by atoms with Gasteiger partial charge in [0, 0.05) is 26.2 Å².